The molecule has 4 nitrogen and oxygen atoms in total. The number of carboxylic acid groups (broad SMARTS) is 1. The molecule has 0 atom stereocenters. The van der Waals surface area contributed by atoms with Crippen LogP contribution < -0.4 is 0 Å². The van der Waals surface area contributed by atoms with E-state index in [2.05, 4.69) is 4.98 Å². The molecule has 4 rings (SSSR count). The van der Waals surface area contributed by atoms with Crippen molar-refractivity contribution in [3.05, 3.63) is 65.1 Å². The standard InChI is InChI=1S/C19H11ClFNO3S/c20-12-6-5-11(7-13(12)21)18-14(9-17(23)24)22-19(25-18)16-8-10-3-1-2-4-15(10)26-16/h1-8H,9H2,(H,23,24). The Morgan fingerprint density at radius 3 is 2.77 bits per heavy atom. The molecule has 0 saturated carbocycles. The zero-order valence-electron chi connectivity index (χ0n) is 13.2. The minimum atomic E-state index is -1.04. The first-order valence-corrected chi connectivity index (χ1v) is 8.86. The quantitative estimate of drug-likeness (QED) is 0.492. The number of oxazole rings is 1. The number of nitrogens with zero attached hydrogens (tertiary/aromatic N) is 1. The van der Waals surface area contributed by atoms with Crippen LogP contribution in [-0.4, -0.2) is 16.1 Å². The topological polar surface area (TPSA) is 63.3 Å². The van der Waals surface area contributed by atoms with Gasteiger partial charge in [0.05, 0.1) is 22.0 Å². The van der Waals surface area contributed by atoms with Crippen LogP contribution in [0.4, 0.5) is 4.39 Å². The van der Waals surface area contributed by atoms with Crippen molar-refractivity contribution in [1.29, 1.82) is 0 Å². The number of aromatic nitrogens is 1. The van der Waals surface area contributed by atoms with Crippen LogP contribution in [0.3, 0.4) is 0 Å². The lowest BCUT2D eigenvalue weighted by atomic mass is 10.1. The third-order valence-corrected chi connectivity index (χ3v) is 5.24. The molecule has 0 fully saturated rings. The number of fused-ring (bicyclic) bond motifs is 1. The number of aliphatic carboxylic acids is 1. The van der Waals surface area contributed by atoms with E-state index in [1.54, 1.807) is 6.07 Å². The molecule has 0 aliphatic rings. The Balaban J connectivity index is 1.85. The molecule has 7 heteroatoms. The summed E-state index contributed by atoms with van der Waals surface area (Å²) in [6.45, 7) is 0. The number of halogens is 2. The molecule has 130 valence electrons. The molecule has 0 spiro atoms. The molecule has 0 aliphatic heterocycles. The largest absolute Gasteiger partial charge is 0.481 e. The second-order valence-electron chi connectivity index (χ2n) is 5.64. The summed E-state index contributed by atoms with van der Waals surface area (Å²) in [7, 11) is 0. The average Bonchev–Trinajstić information content (AvgIpc) is 3.20. The van der Waals surface area contributed by atoms with E-state index in [1.807, 2.05) is 30.3 Å². The van der Waals surface area contributed by atoms with Crippen LogP contribution in [0.1, 0.15) is 5.69 Å². The van der Waals surface area contributed by atoms with Gasteiger partial charge in [0, 0.05) is 10.3 Å². The molecule has 1 N–H and O–H groups in total. The van der Waals surface area contributed by atoms with Crippen LogP contribution in [0, 0.1) is 5.82 Å². The smallest absolute Gasteiger partial charge is 0.309 e. The Kier molecular flexibility index (Phi) is 4.22. The molecule has 0 radical (unpaired) electrons. The van der Waals surface area contributed by atoms with Gasteiger partial charge in [0.1, 0.15) is 5.82 Å². The van der Waals surface area contributed by atoms with Crippen molar-refractivity contribution in [2.45, 2.75) is 6.42 Å². The molecule has 4 aromatic rings. The first-order chi connectivity index (χ1) is 12.5. The van der Waals surface area contributed by atoms with E-state index in [-0.39, 0.29) is 22.9 Å². The van der Waals surface area contributed by atoms with Gasteiger partial charge in [0.15, 0.2) is 5.76 Å². The van der Waals surface area contributed by atoms with Crippen molar-refractivity contribution >= 4 is 39.0 Å². The van der Waals surface area contributed by atoms with E-state index >= 15 is 0 Å². The first-order valence-electron chi connectivity index (χ1n) is 7.67. The van der Waals surface area contributed by atoms with Crippen LogP contribution in [0.2, 0.25) is 5.02 Å². The van der Waals surface area contributed by atoms with Crippen LogP contribution in [0.15, 0.2) is 52.9 Å². The van der Waals surface area contributed by atoms with Crippen molar-refractivity contribution in [2.24, 2.45) is 0 Å². The number of benzene rings is 2. The number of hydrogen-bond donors (Lipinski definition) is 1. The Morgan fingerprint density at radius 2 is 2.04 bits per heavy atom. The van der Waals surface area contributed by atoms with E-state index in [9.17, 15) is 9.18 Å². The fraction of sp³-hybridized carbons (Fsp3) is 0.0526. The molecule has 0 unspecified atom stereocenters. The number of carboxylic acids is 1. The average molecular weight is 388 g/mol. The summed E-state index contributed by atoms with van der Waals surface area (Å²) >= 11 is 7.22. The van der Waals surface area contributed by atoms with E-state index in [0.29, 0.717) is 11.5 Å². The SMILES string of the molecule is O=C(O)Cc1nc(-c2cc3ccccc3s2)oc1-c1ccc(Cl)c(F)c1. The number of hydrogen-bond acceptors (Lipinski definition) is 4. The minimum absolute atomic E-state index is 0.0159. The van der Waals surface area contributed by atoms with Crippen LogP contribution in [0.25, 0.3) is 32.2 Å². The van der Waals surface area contributed by atoms with Gasteiger partial charge < -0.3 is 9.52 Å². The fourth-order valence-corrected chi connectivity index (χ4v) is 3.78. The highest BCUT2D eigenvalue weighted by Crippen LogP contribution is 2.37. The highest BCUT2D eigenvalue weighted by Gasteiger charge is 2.20. The second-order valence-corrected chi connectivity index (χ2v) is 7.13. The Morgan fingerprint density at radius 1 is 1.23 bits per heavy atom. The third-order valence-electron chi connectivity index (χ3n) is 3.83. The van der Waals surface area contributed by atoms with Gasteiger partial charge in [-0.15, -0.1) is 11.3 Å². The lowest BCUT2D eigenvalue weighted by molar-refractivity contribution is -0.136. The first kappa shape index (κ1) is 16.8. The minimum Gasteiger partial charge on any atom is -0.481 e. The molecule has 0 bridgehead atoms. The summed E-state index contributed by atoms with van der Waals surface area (Å²) in [5.41, 5.74) is 0.634. The van der Waals surface area contributed by atoms with Crippen molar-refractivity contribution in [3.63, 3.8) is 0 Å². The van der Waals surface area contributed by atoms with Gasteiger partial charge in [0.2, 0.25) is 5.89 Å². The van der Waals surface area contributed by atoms with Gasteiger partial charge in [-0.3, -0.25) is 4.79 Å². The summed E-state index contributed by atoms with van der Waals surface area (Å²) in [6.07, 6.45) is -0.325. The van der Waals surface area contributed by atoms with E-state index in [4.69, 9.17) is 21.1 Å². The molecular formula is C19H11ClFNO3S. The molecule has 0 aliphatic carbocycles. The van der Waals surface area contributed by atoms with Gasteiger partial charge in [-0.05, 0) is 35.7 Å². The van der Waals surface area contributed by atoms with E-state index in [0.717, 1.165) is 15.0 Å². The predicted molar refractivity (Wildman–Crippen MR) is 99.1 cm³/mol. The van der Waals surface area contributed by atoms with Gasteiger partial charge in [-0.1, -0.05) is 29.8 Å². The van der Waals surface area contributed by atoms with Crippen molar-refractivity contribution in [1.82, 2.24) is 4.98 Å². The molecule has 2 heterocycles. The van der Waals surface area contributed by atoms with Gasteiger partial charge in [-0.2, -0.15) is 0 Å². The van der Waals surface area contributed by atoms with Crippen LogP contribution in [0.5, 0.6) is 0 Å². The van der Waals surface area contributed by atoms with Crippen LogP contribution in [-0.2, 0) is 11.2 Å². The van der Waals surface area contributed by atoms with Crippen molar-refractivity contribution in [3.8, 4) is 22.1 Å². The second kappa shape index (κ2) is 6.55. The Hall–Kier alpha value is -2.70. The van der Waals surface area contributed by atoms with Gasteiger partial charge in [-0.25, -0.2) is 9.37 Å². The van der Waals surface area contributed by atoms with E-state index in [1.165, 1.54) is 23.5 Å². The third kappa shape index (κ3) is 3.09. The molecule has 2 aromatic carbocycles. The Labute approximate surface area is 156 Å². The lowest BCUT2D eigenvalue weighted by Gasteiger charge is -2.01. The molecule has 26 heavy (non-hydrogen) atoms. The molecular weight excluding hydrogens is 377 g/mol. The number of thiophene rings is 1. The summed E-state index contributed by atoms with van der Waals surface area (Å²) in [5.74, 6) is -1.11. The lowest BCUT2D eigenvalue weighted by Crippen LogP contribution is -2.01. The summed E-state index contributed by atoms with van der Waals surface area (Å²) in [6, 6.07) is 14.0. The van der Waals surface area contributed by atoms with Crippen molar-refractivity contribution < 1.29 is 18.7 Å². The van der Waals surface area contributed by atoms with Gasteiger partial charge >= 0.3 is 5.97 Å². The zero-order chi connectivity index (χ0) is 18.3. The highest BCUT2D eigenvalue weighted by atomic mass is 35.5. The zero-order valence-corrected chi connectivity index (χ0v) is 14.8. The predicted octanol–water partition coefficient (Wildman–Crippen LogP) is 5.64. The molecule has 0 saturated heterocycles. The maximum absolute atomic E-state index is 13.8. The molecule has 0 amide bonds. The number of carbonyl (C=O) groups is 1. The maximum Gasteiger partial charge on any atom is 0.309 e. The summed E-state index contributed by atoms with van der Waals surface area (Å²) < 4.78 is 20.7. The fourth-order valence-electron chi connectivity index (χ4n) is 2.67. The maximum atomic E-state index is 13.8. The monoisotopic (exact) mass is 387 g/mol. The summed E-state index contributed by atoms with van der Waals surface area (Å²) in [4.78, 5) is 16.3. The van der Waals surface area contributed by atoms with Gasteiger partial charge in [0.25, 0.3) is 0 Å². The Bertz CT molecular complexity index is 1100. The normalized spacial score (nSPS) is 11.2. The van der Waals surface area contributed by atoms with Crippen molar-refractivity contribution in [2.75, 3.05) is 0 Å². The van der Waals surface area contributed by atoms with Crippen LogP contribution >= 0.6 is 22.9 Å². The molecule has 2 aromatic heterocycles. The number of rotatable bonds is 4. The summed E-state index contributed by atoms with van der Waals surface area (Å²) in [5, 5.41) is 10.2. The highest BCUT2D eigenvalue weighted by molar-refractivity contribution is 7.22. The van der Waals surface area contributed by atoms with E-state index < -0.39 is 11.8 Å².